The maximum Gasteiger partial charge on any atom is 0.0515 e. The quantitative estimate of drug-likeness (QED) is 0.242. The zero-order valence-electron chi connectivity index (χ0n) is 21.1. The number of hydrogen-bond acceptors (Lipinski definition) is 0. The van der Waals surface area contributed by atoms with Gasteiger partial charge in [0, 0.05) is 74.5 Å². The highest BCUT2D eigenvalue weighted by atomic mass is 15.0. The van der Waals surface area contributed by atoms with E-state index >= 15 is 0 Å². The van der Waals surface area contributed by atoms with Crippen molar-refractivity contribution in [1.29, 1.82) is 0 Å². The van der Waals surface area contributed by atoms with Crippen LogP contribution in [0.25, 0.3) is 65.4 Å². The van der Waals surface area contributed by atoms with Gasteiger partial charge in [0.2, 0.25) is 0 Å². The summed E-state index contributed by atoms with van der Waals surface area (Å²) in [5.74, 6) is 0. The number of fused-ring (bicyclic) bond motifs is 9. The Hall–Kier alpha value is -4.50. The molecule has 0 N–H and O–H groups in total. The van der Waals surface area contributed by atoms with Gasteiger partial charge in [0.15, 0.2) is 0 Å². The summed E-state index contributed by atoms with van der Waals surface area (Å²) in [7, 11) is 2.18. The average molecular weight is 478 g/mol. The van der Waals surface area contributed by atoms with Crippen molar-refractivity contribution in [3.8, 4) is 0 Å². The maximum atomic E-state index is 2.51. The Morgan fingerprint density at radius 2 is 1.00 bits per heavy atom. The van der Waals surface area contributed by atoms with Gasteiger partial charge in [0.25, 0.3) is 0 Å². The number of benzene rings is 5. The second kappa shape index (κ2) is 7.50. The van der Waals surface area contributed by atoms with E-state index in [1.54, 1.807) is 0 Å². The molecule has 0 radical (unpaired) electrons. The molecule has 3 heterocycles. The van der Waals surface area contributed by atoms with Crippen LogP contribution >= 0.6 is 0 Å². The zero-order chi connectivity index (χ0) is 24.7. The van der Waals surface area contributed by atoms with Gasteiger partial charge in [-0.3, -0.25) is 0 Å². The van der Waals surface area contributed by atoms with Crippen molar-refractivity contribution in [2.75, 3.05) is 0 Å². The topological polar surface area (TPSA) is 14.8 Å². The Labute approximate surface area is 214 Å². The molecular formula is C34H27N3. The molecule has 0 fully saturated rings. The first-order chi connectivity index (χ1) is 18.2. The third kappa shape index (κ3) is 2.77. The van der Waals surface area contributed by atoms with Gasteiger partial charge in [0.1, 0.15) is 0 Å². The number of aryl methyl sites for hydroxylation is 2. The first kappa shape index (κ1) is 20.7. The molecule has 8 aromatic rings. The summed E-state index contributed by atoms with van der Waals surface area (Å²) in [6, 6.07) is 38.2. The lowest BCUT2D eigenvalue weighted by molar-refractivity contribution is 0.826. The number of rotatable bonds is 3. The first-order valence-corrected chi connectivity index (χ1v) is 13.1. The summed E-state index contributed by atoms with van der Waals surface area (Å²) in [4.78, 5) is 0. The second-order valence-corrected chi connectivity index (χ2v) is 10.2. The molecular weight excluding hydrogens is 450 g/mol. The molecule has 0 atom stereocenters. The summed E-state index contributed by atoms with van der Waals surface area (Å²) in [6.07, 6.45) is 0. The number of aromatic nitrogens is 3. The minimum atomic E-state index is 0.833. The fraction of sp³-hybridized carbons (Fsp3) is 0.118. The molecule has 0 saturated carbocycles. The standard InChI is InChI=1S/C34H27N3/c1-3-36-30-14-8-5-11-24(30)27-19-28-25-12-6-9-15-31(25)37(34(28)20-33(27)36)21-22-16-17-26-23-10-4-7-13-29(23)35(2)32(26)18-22/h4-20H,3,21H2,1-2H3. The molecule has 178 valence electrons. The molecule has 37 heavy (non-hydrogen) atoms. The Kier molecular flexibility index (Phi) is 4.19. The Morgan fingerprint density at radius 3 is 1.68 bits per heavy atom. The van der Waals surface area contributed by atoms with E-state index < -0.39 is 0 Å². The fourth-order valence-electron chi connectivity index (χ4n) is 6.59. The largest absolute Gasteiger partial charge is 0.344 e. The zero-order valence-corrected chi connectivity index (χ0v) is 21.1. The molecule has 0 unspecified atom stereocenters. The van der Waals surface area contributed by atoms with Crippen LogP contribution in [0, 0.1) is 0 Å². The van der Waals surface area contributed by atoms with Gasteiger partial charge in [-0.05, 0) is 48.9 Å². The molecule has 0 spiro atoms. The highest BCUT2D eigenvalue weighted by Crippen LogP contribution is 2.37. The van der Waals surface area contributed by atoms with Crippen LogP contribution < -0.4 is 0 Å². The minimum absolute atomic E-state index is 0.833. The van der Waals surface area contributed by atoms with Gasteiger partial charge in [-0.15, -0.1) is 0 Å². The third-order valence-corrected chi connectivity index (χ3v) is 8.30. The molecule has 3 aromatic heterocycles. The fourth-order valence-corrected chi connectivity index (χ4v) is 6.59. The van der Waals surface area contributed by atoms with Crippen molar-refractivity contribution in [3.05, 3.63) is 109 Å². The van der Waals surface area contributed by atoms with Gasteiger partial charge < -0.3 is 13.7 Å². The van der Waals surface area contributed by atoms with Crippen LogP contribution in [0.2, 0.25) is 0 Å². The normalized spacial score (nSPS) is 12.3. The summed E-state index contributed by atoms with van der Waals surface area (Å²) >= 11 is 0. The summed E-state index contributed by atoms with van der Waals surface area (Å²) in [5.41, 5.74) is 9.08. The number of para-hydroxylation sites is 3. The van der Waals surface area contributed by atoms with Crippen molar-refractivity contribution in [3.63, 3.8) is 0 Å². The molecule has 8 rings (SSSR count). The molecule has 0 saturated heterocycles. The smallest absolute Gasteiger partial charge is 0.0515 e. The highest BCUT2D eigenvalue weighted by molar-refractivity contribution is 6.18. The van der Waals surface area contributed by atoms with E-state index in [1.165, 1.54) is 71.0 Å². The Bertz CT molecular complexity index is 2170. The first-order valence-electron chi connectivity index (χ1n) is 13.1. The average Bonchev–Trinajstić information content (AvgIpc) is 3.53. The number of hydrogen-bond donors (Lipinski definition) is 0. The summed E-state index contributed by atoms with van der Waals surface area (Å²) in [6.45, 7) is 4.03. The van der Waals surface area contributed by atoms with Crippen molar-refractivity contribution >= 4 is 65.4 Å². The summed E-state index contributed by atoms with van der Waals surface area (Å²) in [5, 5.41) is 7.95. The second-order valence-electron chi connectivity index (χ2n) is 10.2. The van der Waals surface area contributed by atoms with Gasteiger partial charge in [-0.2, -0.15) is 0 Å². The molecule has 0 aliphatic heterocycles. The van der Waals surface area contributed by atoms with E-state index in [4.69, 9.17) is 0 Å². The molecule has 3 heteroatoms. The molecule has 0 aliphatic carbocycles. The van der Waals surface area contributed by atoms with Crippen molar-refractivity contribution < 1.29 is 0 Å². The minimum Gasteiger partial charge on any atom is -0.344 e. The van der Waals surface area contributed by atoms with Crippen LogP contribution in [0.1, 0.15) is 12.5 Å². The van der Waals surface area contributed by atoms with Gasteiger partial charge in [-0.1, -0.05) is 66.7 Å². The number of nitrogens with zero attached hydrogens (tertiary/aromatic N) is 3. The van der Waals surface area contributed by atoms with E-state index in [9.17, 15) is 0 Å². The summed E-state index contributed by atoms with van der Waals surface area (Å²) < 4.78 is 7.28. The highest BCUT2D eigenvalue weighted by Gasteiger charge is 2.17. The predicted octanol–water partition coefficient (Wildman–Crippen LogP) is 8.62. The van der Waals surface area contributed by atoms with Crippen LogP contribution in [0.4, 0.5) is 0 Å². The van der Waals surface area contributed by atoms with E-state index in [0.717, 1.165) is 13.1 Å². The van der Waals surface area contributed by atoms with Crippen molar-refractivity contribution in [1.82, 2.24) is 13.7 Å². The molecule has 0 bridgehead atoms. The lowest BCUT2D eigenvalue weighted by atomic mass is 10.1. The van der Waals surface area contributed by atoms with Crippen LogP contribution in [0.3, 0.4) is 0 Å². The van der Waals surface area contributed by atoms with Crippen LogP contribution in [-0.4, -0.2) is 13.7 Å². The third-order valence-electron chi connectivity index (χ3n) is 8.30. The molecule has 3 nitrogen and oxygen atoms in total. The Morgan fingerprint density at radius 1 is 0.459 bits per heavy atom. The molecule has 0 amide bonds. The Balaban J connectivity index is 1.40. The predicted molar refractivity (Wildman–Crippen MR) is 158 cm³/mol. The van der Waals surface area contributed by atoms with Crippen LogP contribution in [0.15, 0.2) is 103 Å². The van der Waals surface area contributed by atoms with Gasteiger partial charge >= 0.3 is 0 Å². The van der Waals surface area contributed by atoms with E-state index in [1.807, 2.05) is 0 Å². The van der Waals surface area contributed by atoms with Gasteiger partial charge in [-0.25, -0.2) is 0 Å². The monoisotopic (exact) mass is 477 g/mol. The molecule has 0 aliphatic rings. The van der Waals surface area contributed by atoms with E-state index in [-0.39, 0.29) is 0 Å². The van der Waals surface area contributed by atoms with Crippen molar-refractivity contribution in [2.45, 2.75) is 20.0 Å². The van der Waals surface area contributed by atoms with Gasteiger partial charge in [0.05, 0.1) is 11.0 Å². The lowest BCUT2D eigenvalue weighted by Gasteiger charge is -2.10. The maximum absolute atomic E-state index is 2.51. The molecule has 5 aromatic carbocycles. The van der Waals surface area contributed by atoms with E-state index in [0.29, 0.717) is 0 Å². The lowest BCUT2D eigenvalue weighted by Crippen LogP contribution is -2.00. The van der Waals surface area contributed by atoms with Crippen molar-refractivity contribution in [2.24, 2.45) is 7.05 Å². The van der Waals surface area contributed by atoms with Crippen LogP contribution in [-0.2, 0) is 20.1 Å². The van der Waals surface area contributed by atoms with E-state index in [2.05, 4.69) is 131 Å². The van der Waals surface area contributed by atoms with Crippen LogP contribution in [0.5, 0.6) is 0 Å². The SMILES string of the molecule is CCn1c2ccccc2c2cc3c4ccccc4n(Cc4ccc5c6ccccc6n(C)c5c4)c3cc21.